The number of nitrogens with zero attached hydrogens (tertiary/aromatic N) is 2. The first kappa shape index (κ1) is 11.8. The Balaban J connectivity index is 2.38. The van der Waals surface area contributed by atoms with Crippen molar-refractivity contribution in [2.24, 2.45) is 0 Å². The van der Waals surface area contributed by atoms with Gasteiger partial charge in [-0.2, -0.15) is 0 Å². The van der Waals surface area contributed by atoms with E-state index in [1.54, 1.807) is 6.07 Å². The molecule has 1 rings (SSSR count). The molecule has 0 saturated heterocycles. The van der Waals surface area contributed by atoms with E-state index < -0.39 is 14.0 Å². The van der Waals surface area contributed by atoms with Gasteiger partial charge in [0, 0.05) is 20.5 Å². The summed E-state index contributed by atoms with van der Waals surface area (Å²) in [6, 6.07) is 2.63. The van der Waals surface area contributed by atoms with Gasteiger partial charge in [-0.05, 0) is 12.1 Å². The lowest BCUT2D eigenvalue weighted by atomic mass is 10.5. The van der Waals surface area contributed by atoms with Crippen LogP contribution in [0.2, 0.25) is 25.7 Å². The molecule has 0 saturated carbocycles. The summed E-state index contributed by atoms with van der Waals surface area (Å²) in [7, 11) is -1.14. The second kappa shape index (κ2) is 5.02. The van der Waals surface area contributed by atoms with Crippen molar-refractivity contribution >= 4 is 14.0 Å². The largest absolute Gasteiger partial charge is 0.460 e. The minimum Gasteiger partial charge on any atom is -0.460 e. The minimum absolute atomic E-state index is 0.132. The van der Waals surface area contributed by atoms with E-state index in [1.165, 1.54) is 12.4 Å². The molecule has 0 bridgehead atoms. The van der Waals surface area contributed by atoms with Crippen molar-refractivity contribution in [3.63, 3.8) is 0 Å². The van der Waals surface area contributed by atoms with Crippen molar-refractivity contribution in [1.29, 1.82) is 0 Å². The molecule has 5 heteroatoms. The first-order valence-electron chi connectivity index (χ1n) is 4.93. The molecule has 0 spiro atoms. The molecule has 0 unspecified atom stereocenters. The van der Waals surface area contributed by atoms with Crippen LogP contribution in [0.4, 0.5) is 0 Å². The van der Waals surface area contributed by atoms with Gasteiger partial charge in [0.25, 0.3) is 0 Å². The summed E-state index contributed by atoms with van der Waals surface area (Å²) < 4.78 is 5.07. The van der Waals surface area contributed by atoms with Crippen LogP contribution in [0.1, 0.15) is 10.6 Å². The smallest absolute Gasteiger partial charge is 0.376 e. The summed E-state index contributed by atoms with van der Waals surface area (Å²) >= 11 is 0. The number of ether oxygens (including phenoxy) is 1. The Morgan fingerprint density at radius 2 is 1.93 bits per heavy atom. The van der Waals surface area contributed by atoms with E-state index in [4.69, 9.17) is 4.74 Å². The van der Waals surface area contributed by atoms with Crippen LogP contribution in [0.5, 0.6) is 0 Å². The number of carbonyl (C=O) groups is 1. The summed E-state index contributed by atoms with van der Waals surface area (Å²) in [4.78, 5) is 19.0. The Hall–Kier alpha value is -1.23. The molecular formula is C10H16N2O2Si. The number of rotatable bonds is 4. The molecule has 0 N–H and O–H groups in total. The van der Waals surface area contributed by atoms with Crippen molar-refractivity contribution < 1.29 is 9.53 Å². The van der Waals surface area contributed by atoms with E-state index in [2.05, 4.69) is 29.6 Å². The maximum atomic E-state index is 11.4. The fourth-order valence-corrected chi connectivity index (χ4v) is 1.63. The van der Waals surface area contributed by atoms with Gasteiger partial charge in [-0.15, -0.1) is 0 Å². The van der Waals surface area contributed by atoms with Gasteiger partial charge in [-0.3, -0.25) is 0 Å². The number of hydrogen-bond acceptors (Lipinski definition) is 4. The molecule has 15 heavy (non-hydrogen) atoms. The second-order valence-corrected chi connectivity index (χ2v) is 10.1. The van der Waals surface area contributed by atoms with Crippen LogP contribution in [-0.4, -0.2) is 30.6 Å². The molecule has 82 valence electrons. The third kappa shape index (κ3) is 4.69. The minimum atomic E-state index is -1.14. The zero-order valence-corrected chi connectivity index (χ0v) is 10.4. The molecule has 0 fully saturated rings. The molecule has 0 aliphatic heterocycles. The molecule has 1 aromatic heterocycles. The molecule has 0 aliphatic rings. The number of hydrogen-bond donors (Lipinski definition) is 0. The highest BCUT2D eigenvalue weighted by atomic mass is 28.3. The van der Waals surface area contributed by atoms with E-state index in [0.29, 0.717) is 6.61 Å². The van der Waals surface area contributed by atoms with E-state index in [9.17, 15) is 4.79 Å². The predicted molar refractivity (Wildman–Crippen MR) is 60.5 cm³/mol. The van der Waals surface area contributed by atoms with Gasteiger partial charge in [0.1, 0.15) is 0 Å². The average molecular weight is 224 g/mol. The first-order valence-corrected chi connectivity index (χ1v) is 8.64. The van der Waals surface area contributed by atoms with Gasteiger partial charge < -0.3 is 4.74 Å². The SMILES string of the molecule is C[Si](C)(C)CCOC(=O)c1ncccn1. The van der Waals surface area contributed by atoms with Crippen molar-refractivity contribution in [3.8, 4) is 0 Å². The van der Waals surface area contributed by atoms with Gasteiger partial charge in [-0.25, -0.2) is 14.8 Å². The fraction of sp³-hybridized carbons (Fsp3) is 0.500. The fourth-order valence-electron chi connectivity index (χ4n) is 0.919. The van der Waals surface area contributed by atoms with Crippen LogP contribution in [0.15, 0.2) is 18.5 Å². The molecule has 0 aliphatic carbocycles. The van der Waals surface area contributed by atoms with Crippen LogP contribution in [-0.2, 0) is 4.74 Å². The highest BCUT2D eigenvalue weighted by Crippen LogP contribution is 2.08. The monoisotopic (exact) mass is 224 g/mol. The quantitative estimate of drug-likeness (QED) is 0.579. The molecule has 0 radical (unpaired) electrons. The Labute approximate surface area is 90.7 Å². The highest BCUT2D eigenvalue weighted by molar-refractivity contribution is 6.76. The third-order valence-electron chi connectivity index (χ3n) is 1.83. The van der Waals surface area contributed by atoms with E-state index in [0.717, 1.165) is 6.04 Å². The number of carbonyl (C=O) groups excluding carboxylic acids is 1. The topological polar surface area (TPSA) is 52.1 Å². The summed E-state index contributed by atoms with van der Waals surface area (Å²) in [5.74, 6) is -0.304. The summed E-state index contributed by atoms with van der Waals surface area (Å²) in [6.45, 7) is 7.17. The Bertz CT molecular complexity index is 322. The second-order valence-electron chi connectivity index (χ2n) is 4.52. The highest BCUT2D eigenvalue weighted by Gasteiger charge is 2.15. The van der Waals surface area contributed by atoms with Crippen molar-refractivity contribution in [1.82, 2.24) is 9.97 Å². The normalized spacial score (nSPS) is 11.1. The molecular weight excluding hydrogens is 208 g/mol. The lowest BCUT2D eigenvalue weighted by molar-refractivity contribution is 0.0511. The molecule has 0 amide bonds. The van der Waals surface area contributed by atoms with Gasteiger partial charge in [0.15, 0.2) is 0 Å². The first-order chi connectivity index (χ1) is 6.99. The van der Waals surface area contributed by atoms with Crippen LogP contribution in [0, 0.1) is 0 Å². The Morgan fingerprint density at radius 3 is 2.47 bits per heavy atom. The number of aromatic nitrogens is 2. The zero-order valence-electron chi connectivity index (χ0n) is 9.36. The Morgan fingerprint density at radius 1 is 1.33 bits per heavy atom. The van der Waals surface area contributed by atoms with Gasteiger partial charge in [0.2, 0.25) is 5.82 Å². The Kier molecular flexibility index (Phi) is 3.96. The van der Waals surface area contributed by atoms with E-state index >= 15 is 0 Å². The van der Waals surface area contributed by atoms with E-state index in [1.807, 2.05) is 0 Å². The van der Waals surface area contributed by atoms with Crippen LogP contribution in [0.3, 0.4) is 0 Å². The van der Waals surface area contributed by atoms with Crippen molar-refractivity contribution in [2.75, 3.05) is 6.61 Å². The van der Waals surface area contributed by atoms with E-state index in [-0.39, 0.29) is 5.82 Å². The summed E-state index contributed by atoms with van der Waals surface area (Å²) in [5, 5.41) is 0. The number of esters is 1. The summed E-state index contributed by atoms with van der Waals surface area (Å²) in [5.41, 5.74) is 0. The molecule has 4 nitrogen and oxygen atoms in total. The van der Waals surface area contributed by atoms with Crippen molar-refractivity contribution in [3.05, 3.63) is 24.3 Å². The molecule has 1 aromatic rings. The van der Waals surface area contributed by atoms with Crippen LogP contribution < -0.4 is 0 Å². The molecule has 0 aromatic carbocycles. The average Bonchev–Trinajstić information content (AvgIpc) is 2.17. The maximum absolute atomic E-state index is 11.4. The van der Waals surface area contributed by atoms with Crippen LogP contribution >= 0.6 is 0 Å². The standard InChI is InChI=1S/C10H16N2O2Si/c1-15(2,3)8-7-14-10(13)9-11-5-4-6-12-9/h4-6H,7-8H2,1-3H3. The van der Waals surface area contributed by atoms with Crippen LogP contribution in [0.25, 0.3) is 0 Å². The molecule has 1 heterocycles. The molecule has 0 atom stereocenters. The lowest BCUT2D eigenvalue weighted by Gasteiger charge is -2.14. The zero-order chi connectivity index (χ0) is 11.3. The van der Waals surface area contributed by atoms with Crippen molar-refractivity contribution in [2.45, 2.75) is 25.7 Å². The summed E-state index contributed by atoms with van der Waals surface area (Å²) in [6.07, 6.45) is 3.06. The van der Waals surface area contributed by atoms with Gasteiger partial charge in [0.05, 0.1) is 6.61 Å². The lowest BCUT2D eigenvalue weighted by Crippen LogP contribution is -2.23. The maximum Gasteiger partial charge on any atom is 0.376 e. The predicted octanol–water partition coefficient (Wildman–Crippen LogP) is 1.97. The van der Waals surface area contributed by atoms with Gasteiger partial charge in [-0.1, -0.05) is 19.6 Å². The third-order valence-corrected chi connectivity index (χ3v) is 3.54. The van der Waals surface area contributed by atoms with Gasteiger partial charge >= 0.3 is 5.97 Å².